The van der Waals surface area contributed by atoms with Crippen molar-refractivity contribution < 1.29 is 36.9 Å². The number of hydrogen-bond donors (Lipinski definition) is 1. The van der Waals surface area contributed by atoms with Crippen LogP contribution in [0, 0.1) is 34.6 Å². The van der Waals surface area contributed by atoms with Crippen LogP contribution in [0.25, 0.3) is 22.3 Å². The maximum atomic E-state index is 15.4. The van der Waals surface area contributed by atoms with Crippen molar-refractivity contribution in [1.82, 2.24) is 14.5 Å². The largest absolute Gasteiger partial charge is 0.478 e. The zero-order valence-corrected chi connectivity index (χ0v) is 22.6. The monoisotopic (exact) mass is 590 g/mol. The van der Waals surface area contributed by atoms with Crippen molar-refractivity contribution in [3.05, 3.63) is 112 Å². The molecule has 3 aromatic carbocycles. The number of carboxylic acids is 1. The maximum Gasteiger partial charge on any atom is 0.335 e. The van der Waals surface area contributed by atoms with E-state index in [2.05, 4.69) is 9.97 Å². The Kier molecular flexibility index (Phi) is 8.36. The van der Waals surface area contributed by atoms with E-state index in [1.807, 2.05) is 0 Å². The molecule has 0 atom stereocenters. The van der Waals surface area contributed by atoms with E-state index < -0.39 is 41.4 Å². The number of carboxylic acid groups (broad SMARTS) is 1. The van der Waals surface area contributed by atoms with Crippen LogP contribution >= 0.6 is 0 Å². The van der Waals surface area contributed by atoms with Gasteiger partial charge in [0, 0.05) is 37.3 Å². The summed E-state index contributed by atoms with van der Waals surface area (Å²) in [5.74, 6) is -3.99. The molecular formula is C31H22F4N4O4. The number of aromatic nitrogens is 3. The Morgan fingerprint density at radius 1 is 0.953 bits per heavy atom. The fraction of sp³-hybridized carbons (Fsp3) is 0.161. The summed E-state index contributed by atoms with van der Waals surface area (Å²) in [5, 5.41) is 18.2. The fourth-order valence-corrected chi connectivity index (χ4v) is 4.54. The van der Waals surface area contributed by atoms with Crippen LogP contribution in [0.15, 0.2) is 60.7 Å². The first-order chi connectivity index (χ1) is 20.7. The van der Waals surface area contributed by atoms with E-state index in [0.717, 1.165) is 24.3 Å². The topological polar surface area (TPSA) is 110 Å². The minimum atomic E-state index is -1.11. The van der Waals surface area contributed by atoms with E-state index in [1.165, 1.54) is 37.4 Å². The standard InChI is InChI=1S/C31H22F4N4O4/c1-42-8-7-39-28-12-17(31(40)41)5-6-27(28)37-29(39)13-18-9-25(35)21(14-24(18)34)26-3-2-4-30(38-26)43-16-20-11-22(32)19(15-36)10-23(20)33/h2-6,9-12,14H,7-8,13,16H2,1H3,(H,40,41). The highest BCUT2D eigenvalue weighted by molar-refractivity contribution is 5.92. The van der Waals surface area contributed by atoms with Gasteiger partial charge in [0.1, 0.15) is 41.8 Å². The van der Waals surface area contributed by atoms with Crippen molar-refractivity contribution in [3.8, 4) is 23.2 Å². The molecule has 1 N–H and O–H groups in total. The van der Waals surface area contributed by atoms with Gasteiger partial charge in [-0.05, 0) is 54.1 Å². The molecule has 5 aromatic rings. The van der Waals surface area contributed by atoms with E-state index in [9.17, 15) is 18.7 Å². The second-order valence-electron chi connectivity index (χ2n) is 9.47. The van der Waals surface area contributed by atoms with Crippen LogP contribution in [0.4, 0.5) is 17.6 Å². The van der Waals surface area contributed by atoms with Gasteiger partial charge in [0.15, 0.2) is 0 Å². The smallest absolute Gasteiger partial charge is 0.335 e. The van der Waals surface area contributed by atoms with Gasteiger partial charge in [-0.25, -0.2) is 32.3 Å². The molecule has 0 saturated carbocycles. The Labute approximate surface area is 242 Å². The van der Waals surface area contributed by atoms with Gasteiger partial charge in [0.2, 0.25) is 5.88 Å². The highest BCUT2D eigenvalue weighted by atomic mass is 19.1. The number of aromatic carboxylic acids is 1. The molecule has 0 radical (unpaired) electrons. The first kappa shape index (κ1) is 29.2. The third-order valence-electron chi connectivity index (χ3n) is 6.71. The average Bonchev–Trinajstić information content (AvgIpc) is 3.33. The molecule has 0 unspecified atom stereocenters. The van der Waals surface area contributed by atoms with E-state index in [-0.39, 0.29) is 46.9 Å². The molecule has 0 saturated heterocycles. The molecule has 0 bridgehead atoms. The van der Waals surface area contributed by atoms with E-state index >= 15 is 8.78 Å². The summed E-state index contributed by atoms with van der Waals surface area (Å²) >= 11 is 0. The summed E-state index contributed by atoms with van der Waals surface area (Å²) in [5.41, 5.74) is 0.392. The summed E-state index contributed by atoms with van der Waals surface area (Å²) in [6.07, 6.45) is -0.0902. The van der Waals surface area contributed by atoms with Crippen LogP contribution in [0.2, 0.25) is 0 Å². The molecule has 0 aliphatic carbocycles. The number of ether oxygens (including phenoxy) is 2. The quantitative estimate of drug-likeness (QED) is 0.198. The number of pyridine rings is 1. The fourth-order valence-electron chi connectivity index (χ4n) is 4.54. The number of methoxy groups -OCH3 is 1. The first-order valence-corrected chi connectivity index (χ1v) is 12.9. The van der Waals surface area contributed by atoms with Gasteiger partial charge in [-0.15, -0.1) is 0 Å². The van der Waals surface area contributed by atoms with Crippen molar-refractivity contribution in [2.75, 3.05) is 13.7 Å². The van der Waals surface area contributed by atoms with E-state index in [1.54, 1.807) is 16.7 Å². The number of benzene rings is 3. The molecular weight excluding hydrogens is 568 g/mol. The number of imidazole rings is 1. The zero-order valence-electron chi connectivity index (χ0n) is 22.6. The van der Waals surface area contributed by atoms with Gasteiger partial charge in [-0.2, -0.15) is 5.26 Å². The lowest BCUT2D eigenvalue weighted by molar-refractivity contribution is 0.0697. The van der Waals surface area contributed by atoms with E-state index in [0.29, 0.717) is 23.4 Å². The highest BCUT2D eigenvalue weighted by Gasteiger charge is 2.19. The van der Waals surface area contributed by atoms with Crippen LogP contribution < -0.4 is 4.74 Å². The van der Waals surface area contributed by atoms with Crippen LogP contribution in [0.3, 0.4) is 0 Å². The second-order valence-corrected chi connectivity index (χ2v) is 9.47. The van der Waals surface area contributed by atoms with Gasteiger partial charge < -0.3 is 19.1 Å². The van der Waals surface area contributed by atoms with Gasteiger partial charge in [-0.3, -0.25) is 0 Å². The van der Waals surface area contributed by atoms with Crippen molar-refractivity contribution in [2.24, 2.45) is 0 Å². The SMILES string of the molecule is COCCn1c(Cc2cc(F)c(-c3cccc(OCc4cc(F)c(C#N)cc4F)n3)cc2F)nc2ccc(C(=O)O)cc21. The van der Waals surface area contributed by atoms with Crippen LogP contribution in [-0.2, 0) is 24.3 Å². The van der Waals surface area contributed by atoms with Crippen LogP contribution in [0.1, 0.15) is 32.9 Å². The van der Waals surface area contributed by atoms with Gasteiger partial charge in [0.25, 0.3) is 0 Å². The van der Waals surface area contributed by atoms with Crippen LogP contribution in [0.5, 0.6) is 5.88 Å². The molecule has 5 rings (SSSR count). The Morgan fingerprint density at radius 3 is 2.47 bits per heavy atom. The second kappa shape index (κ2) is 12.3. The lowest BCUT2D eigenvalue weighted by Gasteiger charge is -2.12. The molecule has 12 heteroatoms. The molecule has 0 spiro atoms. The molecule has 8 nitrogen and oxygen atoms in total. The lowest BCUT2D eigenvalue weighted by atomic mass is 10.0. The van der Waals surface area contributed by atoms with E-state index in [4.69, 9.17) is 14.7 Å². The Balaban J connectivity index is 1.41. The Hall–Kier alpha value is -5.28. The van der Waals surface area contributed by atoms with Gasteiger partial charge >= 0.3 is 5.97 Å². The number of nitriles is 1. The third kappa shape index (κ3) is 6.17. The molecule has 0 aliphatic rings. The Morgan fingerprint density at radius 2 is 1.72 bits per heavy atom. The summed E-state index contributed by atoms with van der Waals surface area (Å²) in [6, 6.07) is 14.0. The molecule has 218 valence electrons. The molecule has 43 heavy (non-hydrogen) atoms. The van der Waals surface area contributed by atoms with Gasteiger partial charge in [0.05, 0.1) is 34.5 Å². The summed E-state index contributed by atoms with van der Waals surface area (Å²) in [4.78, 5) is 20.2. The predicted octanol–water partition coefficient (Wildman–Crippen LogP) is 6.04. The van der Waals surface area contributed by atoms with Crippen LogP contribution in [-0.4, -0.2) is 39.3 Å². The Bertz CT molecular complexity index is 1900. The first-order valence-electron chi connectivity index (χ1n) is 12.9. The number of hydrogen-bond acceptors (Lipinski definition) is 6. The molecule has 0 aliphatic heterocycles. The van der Waals surface area contributed by atoms with Crippen molar-refractivity contribution in [2.45, 2.75) is 19.6 Å². The van der Waals surface area contributed by atoms with Crippen molar-refractivity contribution >= 4 is 17.0 Å². The number of fused-ring (bicyclic) bond motifs is 1. The molecule has 2 aromatic heterocycles. The average molecular weight is 591 g/mol. The normalized spacial score (nSPS) is 11.1. The third-order valence-corrected chi connectivity index (χ3v) is 6.71. The van der Waals surface area contributed by atoms with Crippen molar-refractivity contribution in [1.29, 1.82) is 5.26 Å². The minimum absolute atomic E-state index is 0.0133. The summed E-state index contributed by atoms with van der Waals surface area (Å²) in [7, 11) is 1.51. The summed E-state index contributed by atoms with van der Waals surface area (Å²) < 4.78 is 71.1. The molecule has 2 heterocycles. The molecule has 0 amide bonds. The number of halogens is 4. The minimum Gasteiger partial charge on any atom is -0.478 e. The number of nitrogens with zero attached hydrogens (tertiary/aromatic N) is 4. The van der Waals surface area contributed by atoms with Gasteiger partial charge in [-0.1, -0.05) is 6.07 Å². The summed E-state index contributed by atoms with van der Waals surface area (Å²) in [6.45, 7) is 0.171. The molecule has 0 fully saturated rings. The number of carbonyl (C=O) groups is 1. The highest BCUT2D eigenvalue weighted by Crippen LogP contribution is 2.28. The lowest BCUT2D eigenvalue weighted by Crippen LogP contribution is -2.10. The zero-order chi connectivity index (χ0) is 30.7. The van der Waals surface area contributed by atoms with Crippen molar-refractivity contribution in [3.63, 3.8) is 0 Å². The maximum absolute atomic E-state index is 15.4. The number of rotatable bonds is 10. The predicted molar refractivity (Wildman–Crippen MR) is 146 cm³/mol.